The number of fused-ring (bicyclic) bond motifs is 1. The summed E-state index contributed by atoms with van der Waals surface area (Å²) in [7, 11) is 0. The van der Waals surface area contributed by atoms with Crippen molar-refractivity contribution < 1.29 is 4.79 Å². The van der Waals surface area contributed by atoms with E-state index in [0.717, 1.165) is 38.2 Å². The van der Waals surface area contributed by atoms with E-state index in [0.29, 0.717) is 40.2 Å². The number of nitrogens with zero attached hydrogens (tertiary/aromatic N) is 8. The quantitative estimate of drug-likeness (QED) is 0.275. The van der Waals surface area contributed by atoms with E-state index in [2.05, 4.69) is 42.3 Å². The molecule has 1 aliphatic heterocycles. The minimum Gasteiger partial charge on any atom is -0.383 e. The molecule has 4 aromatic heterocycles. The molecule has 0 radical (unpaired) electrons. The lowest BCUT2D eigenvalue weighted by Crippen LogP contribution is -2.38. The molecule has 0 saturated carbocycles. The maximum atomic E-state index is 11.7. The molecule has 0 unspecified atom stereocenters. The number of nitrogens with one attached hydrogen (secondary N) is 1. The summed E-state index contributed by atoms with van der Waals surface area (Å²) in [6, 6.07) is 17.6. The van der Waals surface area contributed by atoms with Crippen LogP contribution in [0.15, 0.2) is 67.1 Å². The highest BCUT2D eigenvalue weighted by atomic mass is 16.1. The molecule has 1 saturated heterocycles. The predicted molar refractivity (Wildman–Crippen MR) is 154 cm³/mol. The lowest BCUT2D eigenvalue weighted by atomic mass is 10.0. The van der Waals surface area contributed by atoms with Crippen LogP contribution in [0.1, 0.15) is 34.6 Å². The Morgan fingerprint density at radius 3 is 2.59 bits per heavy atom. The van der Waals surface area contributed by atoms with Crippen LogP contribution in [0, 0.1) is 11.3 Å². The molecule has 41 heavy (non-hydrogen) atoms. The van der Waals surface area contributed by atoms with Crippen LogP contribution in [-0.4, -0.2) is 59.4 Å². The van der Waals surface area contributed by atoms with Crippen molar-refractivity contribution in [2.24, 2.45) is 5.73 Å². The molecule has 1 amide bonds. The number of primary amides is 1. The molecule has 5 aromatic rings. The molecule has 6 rings (SSSR count). The van der Waals surface area contributed by atoms with Gasteiger partial charge in [-0.2, -0.15) is 5.26 Å². The van der Waals surface area contributed by atoms with E-state index in [4.69, 9.17) is 21.7 Å². The fourth-order valence-electron chi connectivity index (χ4n) is 5.08. The van der Waals surface area contributed by atoms with Gasteiger partial charge in [-0.05, 0) is 54.8 Å². The Labute approximate surface area is 235 Å². The first-order valence-electron chi connectivity index (χ1n) is 13.2. The van der Waals surface area contributed by atoms with Crippen LogP contribution in [0.5, 0.6) is 0 Å². The molecule has 1 aromatic carbocycles. The van der Waals surface area contributed by atoms with E-state index >= 15 is 0 Å². The number of hydrogen-bond acceptors (Lipinski definition) is 10. The SMILES string of the molecule is N#Cc1nccc(NC2CCN(Cc3ccc(-n4c(-c5cccnc5N)nc5cc(C(N)=O)cnc54)cc3)CC2)n1. The Morgan fingerprint density at radius 1 is 1.05 bits per heavy atom. The van der Waals surface area contributed by atoms with Crippen LogP contribution in [-0.2, 0) is 6.54 Å². The molecule has 0 atom stereocenters. The number of piperidine rings is 1. The maximum absolute atomic E-state index is 11.7. The molecule has 204 valence electrons. The first kappa shape index (κ1) is 25.8. The van der Waals surface area contributed by atoms with Gasteiger partial charge in [0.2, 0.25) is 11.7 Å². The van der Waals surface area contributed by atoms with Gasteiger partial charge in [0.1, 0.15) is 23.2 Å². The molecule has 12 heteroatoms. The summed E-state index contributed by atoms with van der Waals surface area (Å²) in [5, 5.41) is 12.5. The minimum absolute atomic E-state index is 0.168. The molecule has 12 nitrogen and oxygen atoms in total. The lowest BCUT2D eigenvalue weighted by Gasteiger charge is -2.32. The van der Waals surface area contributed by atoms with Crippen molar-refractivity contribution in [2.75, 3.05) is 24.1 Å². The van der Waals surface area contributed by atoms with Gasteiger partial charge in [-0.15, -0.1) is 0 Å². The number of rotatable bonds is 7. The van der Waals surface area contributed by atoms with Gasteiger partial charge in [-0.3, -0.25) is 14.3 Å². The maximum Gasteiger partial charge on any atom is 0.250 e. The normalized spacial score (nSPS) is 14.1. The summed E-state index contributed by atoms with van der Waals surface area (Å²) < 4.78 is 1.92. The van der Waals surface area contributed by atoms with Crippen molar-refractivity contribution in [2.45, 2.75) is 25.4 Å². The van der Waals surface area contributed by atoms with E-state index < -0.39 is 5.91 Å². The molecule has 0 bridgehead atoms. The summed E-state index contributed by atoms with van der Waals surface area (Å²) in [5.41, 5.74) is 15.8. The van der Waals surface area contributed by atoms with E-state index in [-0.39, 0.29) is 11.4 Å². The van der Waals surface area contributed by atoms with Gasteiger partial charge < -0.3 is 16.8 Å². The van der Waals surface area contributed by atoms with Crippen LogP contribution in [0.2, 0.25) is 0 Å². The van der Waals surface area contributed by atoms with Crippen LogP contribution in [0.3, 0.4) is 0 Å². The van der Waals surface area contributed by atoms with Gasteiger partial charge in [0.05, 0.1) is 11.1 Å². The Balaban J connectivity index is 1.20. The van der Waals surface area contributed by atoms with Crippen LogP contribution < -0.4 is 16.8 Å². The second kappa shape index (κ2) is 11.0. The summed E-state index contributed by atoms with van der Waals surface area (Å²) in [6.07, 6.45) is 6.63. The van der Waals surface area contributed by atoms with Gasteiger partial charge >= 0.3 is 0 Å². The van der Waals surface area contributed by atoms with Crippen LogP contribution >= 0.6 is 0 Å². The number of imidazole rings is 1. The average molecular weight is 546 g/mol. The number of nitrogen functional groups attached to an aromatic ring is 1. The second-order valence-electron chi connectivity index (χ2n) is 9.88. The number of carbonyl (C=O) groups excluding carboxylic acids is 1. The molecule has 1 fully saturated rings. The molecule has 0 aliphatic carbocycles. The van der Waals surface area contributed by atoms with Crippen molar-refractivity contribution in [3.63, 3.8) is 0 Å². The smallest absolute Gasteiger partial charge is 0.250 e. The Hall–Kier alpha value is -5.41. The summed E-state index contributed by atoms with van der Waals surface area (Å²) in [5.74, 6) is 1.21. The average Bonchev–Trinajstić information content (AvgIpc) is 3.37. The molecule has 5 heterocycles. The standard InChI is InChI=1S/C29H27N11O/c30-15-25-33-11-7-24(38-25)36-20-8-12-39(13-9-20)17-18-3-5-21(6-4-18)40-28(22-2-1-10-34-26(22)31)37-23-14-19(27(32)41)16-35-29(23)40/h1-7,10-11,14,16,20H,8-9,12-13,17H2,(H2,31,34)(H2,32,41)(H,33,36,38). The molecule has 5 N–H and O–H groups in total. The van der Waals surface area contributed by atoms with E-state index in [1.54, 1.807) is 30.6 Å². The third-order valence-electron chi connectivity index (χ3n) is 7.16. The highest BCUT2D eigenvalue weighted by Crippen LogP contribution is 2.30. The number of carbonyl (C=O) groups is 1. The highest BCUT2D eigenvalue weighted by molar-refractivity contribution is 5.96. The van der Waals surface area contributed by atoms with Gasteiger partial charge in [-0.25, -0.2) is 24.9 Å². The van der Waals surface area contributed by atoms with Crippen molar-refractivity contribution in [1.29, 1.82) is 5.26 Å². The van der Waals surface area contributed by atoms with E-state index in [1.165, 1.54) is 11.8 Å². The third kappa shape index (κ3) is 5.39. The Kier molecular flexibility index (Phi) is 6.93. The number of pyridine rings is 2. The lowest BCUT2D eigenvalue weighted by molar-refractivity contribution is 0.1000. The Bertz CT molecular complexity index is 1770. The number of nitrogens with two attached hydrogens (primary N) is 2. The number of nitriles is 1. The van der Waals surface area contributed by atoms with Crippen molar-refractivity contribution in [1.82, 2.24) is 34.4 Å². The zero-order valence-corrected chi connectivity index (χ0v) is 22.1. The molecular weight excluding hydrogens is 518 g/mol. The monoisotopic (exact) mass is 545 g/mol. The van der Waals surface area contributed by atoms with Gasteiger partial charge in [0.25, 0.3) is 0 Å². The number of benzene rings is 1. The third-order valence-corrected chi connectivity index (χ3v) is 7.16. The van der Waals surface area contributed by atoms with Gasteiger partial charge in [0, 0.05) is 50.0 Å². The fraction of sp³-hybridized carbons (Fsp3) is 0.207. The number of likely N-dealkylation sites (tertiary alicyclic amines) is 1. The molecule has 1 aliphatic rings. The summed E-state index contributed by atoms with van der Waals surface area (Å²) in [4.78, 5) is 35.8. The van der Waals surface area contributed by atoms with Crippen molar-refractivity contribution >= 4 is 28.7 Å². The largest absolute Gasteiger partial charge is 0.383 e. The number of anilines is 2. The van der Waals surface area contributed by atoms with E-state index in [1.807, 2.05) is 28.8 Å². The predicted octanol–water partition coefficient (Wildman–Crippen LogP) is 2.90. The number of aromatic nitrogens is 6. The second-order valence-corrected chi connectivity index (χ2v) is 9.88. The Morgan fingerprint density at radius 2 is 1.85 bits per heavy atom. The van der Waals surface area contributed by atoms with Crippen molar-refractivity contribution in [3.05, 3.63) is 84.1 Å². The van der Waals surface area contributed by atoms with E-state index in [9.17, 15) is 4.79 Å². The molecule has 0 spiro atoms. The topological polar surface area (TPSA) is 178 Å². The molecular formula is C29H27N11O. The first-order chi connectivity index (χ1) is 20.0. The minimum atomic E-state index is -0.567. The number of amides is 1. The fourth-order valence-corrected chi connectivity index (χ4v) is 5.08. The van der Waals surface area contributed by atoms with Crippen LogP contribution in [0.25, 0.3) is 28.2 Å². The summed E-state index contributed by atoms with van der Waals surface area (Å²) >= 11 is 0. The van der Waals surface area contributed by atoms with Crippen molar-refractivity contribution in [3.8, 4) is 23.1 Å². The zero-order chi connectivity index (χ0) is 28.3. The highest BCUT2D eigenvalue weighted by Gasteiger charge is 2.21. The van der Waals surface area contributed by atoms with Crippen LogP contribution in [0.4, 0.5) is 11.6 Å². The number of hydrogen-bond donors (Lipinski definition) is 3. The van der Waals surface area contributed by atoms with Gasteiger partial charge in [0.15, 0.2) is 11.5 Å². The zero-order valence-electron chi connectivity index (χ0n) is 22.1. The van der Waals surface area contributed by atoms with Gasteiger partial charge in [-0.1, -0.05) is 12.1 Å². The summed E-state index contributed by atoms with van der Waals surface area (Å²) in [6.45, 7) is 2.71. The first-order valence-corrected chi connectivity index (χ1v) is 13.2.